The topological polar surface area (TPSA) is 69.6 Å². The number of rotatable bonds is 3. The summed E-state index contributed by atoms with van der Waals surface area (Å²) in [5.74, 6) is -1.08. The van der Waals surface area contributed by atoms with Gasteiger partial charge >= 0.3 is 12.0 Å². The second kappa shape index (κ2) is 7.66. The molecule has 2 aromatic carbocycles. The van der Waals surface area contributed by atoms with Crippen LogP contribution in [-0.2, 0) is 13.0 Å². The van der Waals surface area contributed by atoms with E-state index in [0.29, 0.717) is 28.7 Å². The van der Waals surface area contributed by atoms with Gasteiger partial charge in [-0.2, -0.15) is 0 Å². The van der Waals surface area contributed by atoms with E-state index in [4.69, 9.17) is 11.6 Å². The Bertz CT molecular complexity index is 1050. The van der Waals surface area contributed by atoms with Gasteiger partial charge in [-0.25, -0.2) is 9.59 Å². The predicted molar refractivity (Wildman–Crippen MR) is 111 cm³/mol. The molecule has 2 heterocycles. The van der Waals surface area contributed by atoms with E-state index in [2.05, 4.69) is 11.4 Å². The number of hydrogen-bond acceptors (Lipinski definition) is 3. The van der Waals surface area contributed by atoms with Crippen LogP contribution in [0.1, 0.15) is 21.5 Å². The van der Waals surface area contributed by atoms with Gasteiger partial charge in [-0.1, -0.05) is 48.0 Å². The number of anilines is 1. The molecule has 0 saturated heterocycles. The molecule has 1 aliphatic rings. The van der Waals surface area contributed by atoms with Gasteiger partial charge in [-0.15, -0.1) is 11.3 Å². The molecule has 2 N–H and O–H groups in total. The molecular weight excluding hydrogens is 396 g/mol. The minimum atomic E-state index is -1.08. The number of carbonyl (C=O) groups excluding carboxylic acids is 1. The van der Waals surface area contributed by atoms with Crippen molar-refractivity contribution in [1.82, 2.24) is 4.90 Å². The maximum Gasteiger partial charge on any atom is 0.339 e. The Balaban J connectivity index is 1.57. The molecule has 0 unspecified atom stereocenters. The number of benzene rings is 2. The van der Waals surface area contributed by atoms with E-state index < -0.39 is 5.97 Å². The average Bonchev–Trinajstić information content (AvgIpc) is 3.12. The monoisotopic (exact) mass is 412 g/mol. The Morgan fingerprint density at radius 1 is 1.07 bits per heavy atom. The minimum absolute atomic E-state index is 0.0954. The number of halogens is 1. The summed E-state index contributed by atoms with van der Waals surface area (Å²) in [6.07, 6.45) is 0.788. The molecule has 0 atom stereocenters. The van der Waals surface area contributed by atoms with Gasteiger partial charge in [0.1, 0.15) is 10.6 Å². The number of fused-ring (bicyclic) bond motifs is 1. The first kappa shape index (κ1) is 18.5. The van der Waals surface area contributed by atoms with Crippen molar-refractivity contribution >= 4 is 39.9 Å². The molecule has 28 heavy (non-hydrogen) atoms. The Hall–Kier alpha value is -2.83. The van der Waals surface area contributed by atoms with Crippen molar-refractivity contribution in [3.8, 4) is 11.1 Å². The van der Waals surface area contributed by atoms with Crippen LogP contribution >= 0.6 is 22.9 Å². The Labute approximate surface area is 171 Å². The molecule has 142 valence electrons. The molecule has 0 aliphatic carbocycles. The van der Waals surface area contributed by atoms with Crippen LogP contribution in [0.25, 0.3) is 11.1 Å². The van der Waals surface area contributed by atoms with E-state index in [0.717, 1.165) is 17.5 Å². The number of urea groups is 1. The maximum atomic E-state index is 12.8. The van der Waals surface area contributed by atoms with Crippen LogP contribution in [0, 0.1) is 0 Å². The molecule has 0 spiro atoms. The summed E-state index contributed by atoms with van der Waals surface area (Å²) < 4.78 is 0. The quantitative estimate of drug-likeness (QED) is 0.608. The third-order valence-corrected chi connectivity index (χ3v) is 5.95. The van der Waals surface area contributed by atoms with Crippen LogP contribution in [0.15, 0.2) is 53.9 Å². The summed E-state index contributed by atoms with van der Waals surface area (Å²) in [5.41, 5.74) is 3.77. The summed E-state index contributed by atoms with van der Waals surface area (Å²) in [7, 11) is 0. The molecule has 3 aromatic rings. The average molecular weight is 413 g/mol. The van der Waals surface area contributed by atoms with E-state index >= 15 is 0 Å². The zero-order chi connectivity index (χ0) is 19.7. The zero-order valence-electron chi connectivity index (χ0n) is 14.8. The number of hydrogen-bond donors (Lipinski definition) is 2. The molecule has 1 aliphatic heterocycles. The number of thiophene rings is 1. The van der Waals surface area contributed by atoms with E-state index in [1.54, 1.807) is 34.5 Å². The highest BCUT2D eigenvalue weighted by atomic mass is 35.5. The first-order valence-electron chi connectivity index (χ1n) is 8.76. The largest absolute Gasteiger partial charge is 0.478 e. The fourth-order valence-electron chi connectivity index (χ4n) is 3.35. The minimum Gasteiger partial charge on any atom is -0.478 e. The molecule has 0 fully saturated rings. The lowest BCUT2D eigenvalue weighted by Crippen LogP contribution is -2.38. The third kappa shape index (κ3) is 3.61. The standard InChI is InChI=1S/C21H17ClN2O3S/c22-16-7-5-14(6-8-16)17-12-28-19(18(17)20(25)26)23-21(27)24-10-9-13-3-1-2-4-15(13)11-24/h1-8,12H,9-11H2,(H,23,27)(H,25,26). The Kier molecular flexibility index (Phi) is 5.07. The molecule has 0 bridgehead atoms. The molecule has 0 saturated carbocycles. The lowest BCUT2D eigenvalue weighted by molar-refractivity contribution is 0.0699. The van der Waals surface area contributed by atoms with Gasteiger partial charge in [-0.05, 0) is 35.2 Å². The lowest BCUT2D eigenvalue weighted by atomic mass is 10.0. The molecule has 0 radical (unpaired) electrons. The van der Waals surface area contributed by atoms with Crippen molar-refractivity contribution in [1.29, 1.82) is 0 Å². The van der Waals surface area contributed by atoms with Crippen LogP contribution in [0.3, 0.4) is 0 Å². The number of carboxylic acids is 1. The predicted octanol–water partition coefficient (Wildman–Crippen LogP) is 5.36. The highest BCUT2D eigenvalue weighted by Gasteiger charge is 2.25. The molecule has 2 amide bonds. The van der Waals surface area contributed by atoms with E-state index in [-0.39, 0.29) is 11.6 Å². The lowest BCUT2D eigenvalue weighted by Gasteiger charge is -2.28. The number of nitrogens with zero attached hydrogens (tertiary/aromatic N) is 1. The summed E-state index contributed by atoms with van der Waals surface area (Å²) in [4.78, 5) is 26.3. The maximum absolute atomic E-state index is 12.8. The van der Waals surface area contributed by atoms with Crippen LogP contribution < -0.4 is 5.32 Å². The van der Waals surface area contributed by atoms with Crippen LogP contribution in [-0.4, -0.2) is 28.6 Å². The first-order chi connectivity index (χ1) is 13.5. The van der Waals surface area contributed by atoms with E-state index in [1.165, 1.54) is 16.9 Å². The van der Waals surface area contributed by atoms with E-state index in [1.807, 2.05) is 18.2 Å². The van der Waals surface area contributed by atoms with Crippen molar-refractivity contribution in [3.63, 3.8) is 0 Å². The number of carboxylic acid groups (broad SMARTS) is 1. The fourth-order valence-corrected chi connectivity index (χ4v) is 4.43. The highest BCUT2D eigenvalue weighted by molar-refractivity contribution is 7.15. The van der Waals surface area contributed by atoms with Gasteiger partial charge < -0.3 is 10.0 Å². The van der Waals surface area contributed by atoms with Crippen LogP contribution in [0.2, 0.25) is 5.02 Å². The van der Waals surface area contributed by atoms with Gasteiger partial charge in [0.2, 0.25) is 0 Å². The highest BCUT2D eigenvalue weighted by Crippen LogP contribution is 2.36. The molecule has 5 nitrogen and oxygen atoms in total. The number of nitrogens with one attached hydrogen (secondary N) is 1. The third-order valence-electron chi connectivity index (χ3n) is 4.80. The smallest absolute Gasteiger partial charge is 0.339 e. The summed E-state index contributed by atoms with van der Waals surface area (Å²) >= 11 is 7.13. The van der Waals surface area contributed by atoms with Gasteiger partial charge in [-0.3, -0.25) is 5.32 Å². The summed E-state index contributed by atoms with van der Waals surface area (Å²) in [6.45, 7) is 1.11. The van der Waals surface area contributed by atoms with Crippen molar-refractivity contribution in [2.24, 2.45) is 0 Å². The van der Waals surface area contributed by atoms with E-state index in [9.17, 15) is 14.7 Å². The number of carbonyl (C=O) groups is 2. The van der Waals surface area contributed by atoms with Gasteiger partial charge in [0.05, 0.1) is 0 Å². The molecule has 1 aromatic heterocycles. The molecular formula is C21H17ClN2O3S. The van der Waals surface area contributed by atoms with Gasteiger partial charge in [0.15, 0.2) is 0 Å². The SMILES string of the molecule is O=C(O)c1c(-c2ccc(Cl)cc2)csc1NC(=O)N1CCc2ccccc2C1. The second-order valence-corrected chi connectivity index (χ2v) is 7.85. The van der Waals surface area contributed by atoms with Crippen LogP contribution in [0.4, 0.5) is 9.80 Å². The summed E-state index contributed by atoms with van der Waals surface area (Å²) in [5, 5.41) is 15.2. The Morgan fingerprint density at radius 2 is 1.79 bits per heavy atom. The van der Waals surface area contributed by atoms with Gasteiger partial charge in [0.25, 0.3) is 0 Å². The van der Waals surface area contributed by atoms with Crippen molar-refractivity contribution in [3.05, 3.63) is 75.6 Å². The van der Waals surface area contributed by atoms with Crippen molar-refractivity contribution in [2.75, 3.05) is 11.9 Å². The number of amides is 2. The fraction of sp³-hybridized carbons (Fsp3) is 0.143. The summed E-state index contributed by atoms with van der Waals surface area (Å²) in [6, 6.07) is 14.7. The van der Waals surface area contributed by atoms with Crippen molar-refractivity contribution in [2.45, 2.75) is 13.0 Å². The molecule has 7 heteroatoms. The zero-order valence-corrected chi connectivity index (χ0v) is 16.4. The van der Waals surface area contributed by atoms with Gasteiger partial charge in [0, 0.05) is 29.1 Å². The number of aromatic carboxylic acids is 1. The Morgan fingerprint density at radius 3 is 2.50 bits per heavy atom. The second-order valence-electron chi connectivity index (χ2n) is 6.54. The van der Waals surface area contributed by atoms with Crippen molar-refractivity contribution < 1.29 is 14.7 Å². The van der Waals surface area contributed by atoms with Crippen LogP contribution in [0.5, 0.6) is 0 Å². The normalized spacial score (nSPS) is 13.1. The molecule has 4 rings (SSSR count). The first-order valence-corrected chi connectivity index (χ1v) is 10.0.